The summed E-state index contributed by atoms with van der Waals surface area (Å²) in [6.07, 6.45) is 6.19. The van der Waals surface area contributed by atoms with Gasteiger partial charge in [-0.15, -0.1) is 0 Å². The van der Waals surface area contributed by atoms with Gasteiger partial charge in [-0.2, -0.15) is 0 Å². The van der Waals surface area contributed by atoms with Crippen LogP contribution >= 0.6 is 0 Å². The van der Waals surface area contributed by atoms with Gasteiger partial charge < -0.3 is 14.4 Å². The van der Waals surface area contributed by atoms with Crippen LogP contribution in [-0.2, 0) is 11.3 Å². The topological polar surface area (TPSA) is 93.2 Å². The number of ketones is 1. The number of nitrogens with zero attached hydrogens (tertiary/aromatic N) is 2. The van der Waals surface area contributed by atoms with Crippen LogP contribution in [0.15, 0.2) is 89.1 Å². The van der Waals surface area contributed by atoms with E-state index in [2.05, 4.69) is 18.8 Å². The van der Waals surface area contributed by atoms with E-state index in [0.29, 0.717) is 31.0 Å². The molecule has 1 atom stereocenters. The lowest BCUT2D eigenvalue weighted by molar-refractivity contribution is -0.695. The number of Topliss-reactive ketones (excluding diaryl/α,β-unsaturated/α-hetero) is 1. The number of aromatic amines is 1. The van der Waals surface area contributed by atoms with Crippen LogP contribution in [0.2, 0.25) is 0 Å². The van der Waals surface area contributed by atoms with E-state index in [0.717, 1.165) is 16.5 Å². The zero-order chi connectivity index (χ0) is 24.5. The Hall–Kier alpha value is -4.13. The second-order valence-electron chi connectivity index (χ2n) is 9.15. The number of hydrogen-bond acceptors (Lipinski definition) is 4. The summed E-state index contributed by atoms with van der Waals surface area (Å²) in [5.41, 5.74) is 2.39. The predicted molar refractivity (Wildman–Crippen MR) is 128 cm³/mol. The predicted octanol–water partition coefficient (Wildman–Crippen LogP) is 3.64. The molecule has 0 bridgehead atoms. The van der Waals surface area contributed by atoms with Crippen molar-refractivity contribution in [1.82, 2.24) is 9.88 Å². The molecular formula is C28H27N3O4. The lowest BCUT2D eigenvalue weighted by atomic mass is 9.93. The SMILES string of the molecule is CC(C)c1ccc(C2C(C(=O)c3cc4ccccc4o3)=C([O-])C(=O)N2CCC[n+]2cc[nH]c2)cc1. The molecule has 1 N–H and O–H groups in total. The summed E-state index contributed by atoms with van der Waals surface area (Å²) in [7, 11) is 0. The van der Waals surface area contributed by atoms with Crippen molar-refractivity contribution in [2.75, 3.05) is 6.54 Å². The second kappa shape index (κ2) is 9.25. The van der Waals surface area contributed by atoms with Gasteiger partial charge in [0.15, 0.2) is 5.76 Å². The van der Waals surface area contributed by atoms with Crippen molar-refractivity contribution >= 4 is 22.7 Å². The number of hydrogen-bond donors (Lipinski definition) is 1. The first-order chi connectivity index (χ1) is 16.9. The highest BCUT2D eigenvalue weighted by molar-refractivity contribution is 6.15. The van der Waals surface area contributed by atoms with Gasteiger partial charge in [0.25, 0.3) is 0 Å². The van der Waals surface area contributed by atoms with Gasteiger partial charge in [-0.05, 0) is 34.9 Å². The Morgan fingerprint density at radius 3 is 2.63 bits per heavy atom. The van der Waals surface area contributed by atoms with E-state index >= 15 is 0 Å². The summed E-state index contributed by atoms with van der Waals surface area (Å²) in [6.45, 7) is 5.22. The highest BCUT2D eigenvalue weighted by Gasteiger charge is 2.40. The number of nitrogens with one attached hydrogen (secondary N) is 1. The quantitative estimate of drug-likeness (QED) is 0.315. The number of furan rings is 1. The zero-order valence-corrected chi connectivity index (χ0v) is 19.7. The maximum absolute atomic E-state index is 13.6. The molecule has 2 aromatic carbocycles. The van der Waals surface area contributed by atoms with Crippen LogP contribution in [-0.4, -0.2) is 28.1 Å². The fraction of sp³-hybridized carbons (Fsp3) is 0.250. The molecule has 1 unspecified atom stereocenters. The van der Waals surface area contributed by atoms with E-state index in [9.17, 15) is 14.7 Å². The summed E-state index contributed by atoms with van der Waals surface area (Å²) in [5, 5.41) is 14.0. The average molecular weight is 470 g/mol. The van der Waals surface area contributed by atoms with Gasteiger partial charge in [-0.3, -0.25) is 14.6 Å². The fourth-order valence-electron chi connectivity index (χ4n) is 4.62. The Balaban J connectivity index is 1.50. The van der Waals surface area contributed by atoms with Gasteiger partial charge in [-0.1, -0.05) is 56.3 Å². The summed E-state index contributed by atoms with van der Waals surface area (Å²) in [4.78, 5) is 31.3. The van der Waals surface area contributed by atoms with Gasteiger partial charge in [-0.25, -0.2) is 4.57 Å². The molecule has 0 saturated carbocycles. The lowest BCUT2D eigenvalue weighted by Gasteiger charge is -2.27. The van der Waals surface area contributed by atoms with Gasteiger partial charge in [0.2, 0.25) is 18.0 Å². The van der Waals surface area contributed by atoms with E-state index in [4.69, 9.17) is 4.42 Å². The molecule has 3 heterocycles. The Kier molecular flexibility index (Phi) is 5.99. The first-order valence-corrected chi connectivity index (χ1v) is 11.8. The van der Waals surface area contributed by atoms with Crippen molar-refractivity contribution in [1.29, 1.82) is 0 Å². The van der Waals surface area contributed by atoms with E-state index in [1.54, 1.807) is 12.1 Å². The number of para-hydroxylation sites is 1. The molecule has 0 saturated heterocycles. The number of aryl methyl sites for hydroxylation is 1. The number of benzene rings is 2. The highest BCUT2D eigenvalue weighted by Crippen LogP contribution is 2.39. The minimum atomic E-state index is -0.761. The third kappa shape index (κ3) is 4.25. The molecule has 1 aliphatic heterocycles. The van der Waals surface area contributed by atoms with Crippen LogP contribution in [0.5, 0.6) is 0 Å². The van der Waals surface area contributed by atoms with Crippen LogP contribution in [0.1, 0.15) is 53.9 Å². The molecule has 2 aromatic heterocycles. The van der Waals surface area contributed by atoms with Crippen molar-refractivity contribution in [3.63, 3.8) is 0 Å². The molecule has 1 amide bonds. The van der Waals surface area contributed by atoms with Crippen molar-refractivity contribution in [2.24, 2.45) is 0 Å². The monoisotopic (exact) mass is 469 g/mol. The molecule has 35 heavy (non-hydrogen) atoms. The Morgan fingerprint density at radius 1 is 1.17 bits per heavy atom. The maximum Gasteiger partial charge on any atom is 0.241 e. The molecule has 4 aromatic rings. The molecule has 0 aliphatic carbocycles. The first kappa shape index (κ1) is 22.7. The largest absolute Gasteiger partial charge is 0.868 e. The number of aromatic nitrogens is 2. The van der Waals surface area contributed by atoms with Crippen molar-refractivity contribution < 1.29 is 23.7 Å². The smallest absolute Gasteiger partial charge is 0.241 e. The maximum atomic E-state index is 13.6. The summed E-state index contributed by atoms with van der Waals surface area (Å²) in [6, 6.07) is 16.0. The molecule has 7 heteroatoms. The summed E-state index contributed by atoms with van der Waals surface area (Å²) < 4.78 is 7.74. The molecular weight excluding hydrogens is 442 g/mol. The van der Waals surface area contributed by atoms with Crippen LogP contribution in [0.25, 0.3) is 11.0 Å². The number of carbonyl (C=O) groups excluding carboxylic acids is 2. The lowest BCUT2D eigenvalue weighted by Crippen LogP contribution is -2.37. The summed E-state index contributed by atoms with van der Waals surface area (Å²) >= 11 is 0. The van der Waals surface area contributed by atoms with Crippen molar-refractivity contribution in [2.45, 2.75) is 38.8 Å². The average Bonchev–Trinajstić information content (AvgIpc) is 3.59. The number of fused-ring (bicyclic) bond motifs is 1. The minimum absolute atomic E-state index is 0.0550. The number of rotatable bonds is 8. The van der Waals surface area contributed by atoms with Gasteiger partial charge in [0.1, 0.15) is 18.0 Å². The molecule has 0 spiro atoms. The van der Waals surface area contributed by atoms with Crippen molar-refractivity contribution in [3.05, 3.63) is 102 Å². The van der Waals surface area contributed by atoms with Gasteiger partial charge in [0.05, 0.1) is 12.6 Å². The number of carbonyl (C=O) groups is 2. The van der Waals surface area contributed by atoms with Crippen molar-refractivity contribution in [3.8, 4) is 0 Å². The normalized spacial score (nSPS) is 16.1. The zero-order valence-electron chi connectivity index (χ0n) is 19.7. The van der Waals surface area contributed by atoms with Crippen LogP contribution in [0, 0.1) is 0 Å². The van der Waals surface area contributed by atoms with E-state index in [1.165, 1.54) is 4.90 Å². The second-order valence-corrected chi connectivity index (χ2v) is 9.15. The first-order valence-electron chi connectivity index (χ1n) is 11.8. The number of imidazole rings is 1. The third-order valence-corrected chi connectivity index (χ3v) is 6.52. The molecule has 0 radical (unpaired) electrons. The highest BCUT2D eigenvalue weighted by atomic mass is 16.3. The standard InChI is InChI=1S/C28H27N3O4/c1-18(2)19-8-10-20(11-9-19)25-24(26(32)23-16-21-6-3-4-7-22(21)35-23)27(33)28(34)31(25)14-5-13-30-15-12-29-17-30/h3-4,6-12,15-18,25H,5,13-14H2,1-2H3,(H,32,33). The van der Waals surface area contributed by atoms with Crippen LogP contribution < -0.4 is 9.67 Å². The molecule has 0 fully saturated rings. The molecule has 7 nitrogen and oxygen atoms in total. The molecule has 178 valence electrons. The Bertz CT molecular complexity index is 1360. The van der Waals surface area contributed by atoms with Gasteiger partial charge in [0, 0.05) is 23.9 Å². The summed E-state index contributed by atoms with van der Waals surface area (Å²) in [5.74, 6) is -1.55. The minimum Gasteiger partial charge on any atom is -0.868 e. The van der Waals surface area contributed by atoms with Gasteiger partial charge >= 0.3 is 0 Å². The fourth-order valence-corrected chi connectivity index (χ4v) is 4.62. The van der Waals surface area contributed by atoms with E-state index in [1.807, 2.05) is 65.8 Å². The Morgan fingerprint density at radius 2 is 1.94 bits per heavy atom. The van der Waals surface area contributed by atoms with E-state index < -0.39 is 23.5 Å². The van der Waals surface area contributed by atoms with Crippen LogP contribution in [0.3, 0.4) is 0 Å². The number of H-pyrrole nitrogens is 1. The van der Waals surface area contributed by atoms with Crippen LogP contribution in [0.4, 0.5) is 0 Å². The molecule has 5 rings (SSSR count). The molecule has 1 aliphatic rings. The van der Waals surface area contributed by atoms with E-state index in [-0.39, 0.29) is 11.3 Å². The Labute approximate surface area is 203 Å². The number of amides is 1. The third-order valence-electron chi connectivity index (χ3n) is 6.52.